The Morgan fingerprint density at radius 3 is 2.18 bits per heavy atom. The molecule has 1 N–H and O–H groups in total. The summed E-state index contributed by atoms with van der Waals surface area (Å²) in [6.07, 6.45) is 0.212. The van der Waals surface area contributed by atoms with Gasteiger partial charge in [-0.15, -0.1) is 0 Å². The van der Waals surface area contributed by atoms with Crippen molar-refractivity contribution >= 4 is 50.7 Å². The number of likely N-dealkylation sites (N-methyl/N-ethyl adjacent to an activating group) is 1. The second-order valence-electron chi connectivity index (χ2n) is 9.92. The van der Waals surface area contributed by atoms with Crippen molar-refractivity contribution in [2.24, 2.45) is 0 Å². The van der Waals surface area contributed by atoms with Crippen LogP contribution < -0.4 is 14.4 Å². The normalized spacial score (nSPS) is 11.8. The predicted molar refractivity (Wildman–Crippen MR) is 174 cm³/mol. The molecule has 4 aromatic carbocycles. The number of sulfonamides is 1. The molecule has 8 nitrogen and oxygen atoms in total. The van der Waals surface area contributed by atoms with Crippen LogP contribution in [0.5, 0.6) is 5.75 Å². The van der Waals surface area contributed by atoms with Gasteiger partial charge in [0.25, 0.3) is 10.0 Å². The highest BCUT2D eigenvalue weighted by Crippen LogP contribution is 2.28. The first-order valence-electron chi connectivity index (χ1n) is 13.9. The summed E-state index contributed by atoms with van der Waals surface area (Å²) in [5.74, 6) is -0.363. The minimum atomic E-state index is -4.27. The number of amides is 2. The van der Waals surface area contributed by atoms with E-state index in [9.17, 15) is 18.0 Å². The maximum atomic E-state index is 14.4. The van der Waals surface area contributed by atoms with Crippen molar-refractivity contribution in [2.75, 3.05) is 24.5 Å². The van der Waals surface area contributed by atoms with E-state index >= 15 is 0 Å². The van der Waals surface area contributed by atoms with Crippen LogP contribution in [0.2, 0.25) is 10.0 Å². The highest BCUT2D eigenvalue weighted by atomic mass is 35.5. The number of hydrogen-bond acceptors (Lipinski definition) is 5. The van der Waals surface area contributed by atoms with Gasteiger partial charge in [0, 0.05) is 29.6 Å². The highest BCUT2D eigenvalue weighted by molar-refractivity contribution is 7.92. The maximum absolute atomic E-state index is 14.4. The molecule has 0 unspecified atom stereocenters. The lowest BCUT2D eigenvalue weighted by atomic mass is 10.0. The zero-order valence-electron chi connectivity index (χ0n) is 24.3. The lowest BCUT2D eigenvalue weighted by molar-refractivity contribution is -0.140. The molecule has 0 aliphatic heterocycles. The van der Waals surface area contributed by atoms with Gasteiger partial charge < -0.3 is 15.0 Å². The van der Waals surface area contributed by atoms with E-state index in [1.165, 1.54) is 35.2 Å². The molecule has 0 heterocycles. The van der Waals surface area contributed by atoms with Gasteiger partial charge in [0.05, 0.1) is 17.7 Å². The molecule has 0 radical (unpaired) electrons. The Balaban J connectivity index is 1.80. The molecule has 0 bridgehead atoms. The van der Waals surface area contributed by atoms with Crippen molar-refractivity contribution < 1.29 is 22.7 Å². The fourth-order valence-corrected chi connectivity index (χ4v) is 6.42. The molecule has 4 aromatic rings. The molecule has 230 valence electrons. The van der Waals surface area contributed by atoms with Gasteiger partial charge in [-0.05, 0) is 72.6 Å². The fraction of sp³-hybridized carbons (Fsp3) is 0.212. The molecule has 4 rings (SSSR count). The quantitative estimate of drug-likeness (QED) is 0.192. The Morgan fingerprint density at radius 2 is 1.52 bits per heavy atom. The first kappa shape index (κ1) is 32.9. The van der Waals surface area contributed by atoms with E-state index < -0.39 is 28.5 Å². The summed E-state index contributed by atoms with van der Waals surface area (Å²) in [6, 6.07) is 27.5. The van der Waals surface area contributed by atoms with Crippen LogP contribution in [0.4, 0.5) is 5.69 Å². The van der Waals surface area contributed by atoms with Crippen molar-refractivity contribution in [3.63, 3.8) is 0 Å². The van der Waals surface area contributed by atoms with Crippen LogP contribution in [0.3, 0.4) is 0 Å². The van der Waals surface area contributed by atoms with Crippen LogP contribution in [0.25, 0.3) is 0 Å². The van der Waals surface area contributed by atoms with Crippen molar-refractivity contribution in [1.82, 2.24) is 10.2 Å². The molecule has 0 aliphatic carbocycles. The molecule has 0 saturated carbocycles. The van der Waals surface area contributed by atoms with Gasteiger partial charge in [0.1, 0.15) is 18.3 Å². The standard InChI is InChI=1S/C33H33Cl2N3O5S/c1-3-36-33(40)31(20-24-9-5-4-6-10-24)37(22-25-11-7-14-29(19-25)43-2)32(39)23-38(28-13-8-12-27(35)21-28)44(41,42)30-17-15-26(34)16-18-30/h4-19,21,31H,3,20,22-23H2,1-2H3,(H,36,40)/t31-/m0/s1. The highest BCUT2D eigenvalue weighted by Gasteiger charge is 2.34. The summed E-state index contributed by atoms with van der Waals surface area (Å²) >= 11 is 12.3. The van der Waals surface area contributed by atoms with Crippen molar-refractivity contribution in [3.05, 3.63) is 124 Å². The molecule has 1 atom stereocenters. The van der Waals surface area contributed by atoms with Crippen LogP contribution in [-0.4, -0.2) is 51.4 Å². The van der Waals surface area contributed by atoms with Gasteiger partial charge in [0.15, 0.2) is 0 Å². The first-order valence-corrected chi connectivity index (χ1v) is 16.1. The third-order valence-corrected chi connectivity index (χ3v) is 9.16. The second-order valence-corrected chi connectivity index (χ2v) is 12.7. The predicted octanol–water partition coefficient (Wildman–Crippen LogP) is 5.97. The number of nitrogens with one attached hydrogen (secondary N) is 1. The number of halogens is 2. The smallest absolute Gasteiger partial charge is 0.264 e. The number of carbonyl (C=O) groups excluding carboxylic acids is 2. The van der Waals surface area contributed by atoms with E-state index in [4.69, 9.17) is 27.9 Å². The summed E-state index contributed by atoms with van der Waals surface area (Å²) in [6.45, 7) is 1.57. The number of anilines is 1. The molecule has 0 fully saturated rings. The Kier molecular flexibility index (Phi) is 11.3. The average Bonchev–Trinajstić information content (AvgIpc) is 3.02. The number of carbonyl (C=O) groups is 2. The van der Waals surface area contributed by atoms with Crippen LogP contribution >= 0.6 is 23.2 Å². The lowest BCUT2D eigenvalue weighted by Gasteiger charge is -2.34. The summed E-state index contributed by atoms with van der Waals surface area (Å²) in [4.78, 5) is 29.3. The van der Waals surface area contributed by atoms with Gasteiger partial charge in [-0.3, -0.25) is 13.9 Å². The van der Waals surface area contributed by atoms with Crippen molar-refractivity contribution in [2.45, 2.75) is 30.8 Å². The number of rotatable bonds is 13. The molecule has 0 saturated heterocycles. The SMILES string of the molecule is CCNC(=O)[C@H](Cc1ccccc1)N(Cc1cccc(OC)c1)C(=O)CN(c1cccc(Cl)c1)S(=O)(=O)c1ccc(Cl)cc1. The number of hydrogen-bond donors (Lipinski definition) is 1. The van der Waals surface area contributed by atoms with Gasteiger partial charge in [-0.1, -0.05) is 71.7 Å². The fourth-order valence-electron chi connectivity index (χ4n) is 4.71. The van der Waals surface area contributed by atoms with Crippen LogP contribution in [0.15, 0.2) is 108 Å². The van der Waals surface area contributed by atoms with Gasteiger partial charge in [0.2, 0.25) is 11.8 Å². The monoisotopic (exact) mass is 653 g/mol. The Morgan fingerprint density at radius 1 is 0.841 bits per heavy atom. The van der Waals surface area contributed by atoms with Crippen LogP contribution in [0.1, 0.15) is 18.1 Å². The minimum absolute atomic E-state index is 0.0229. The Hall–Kier alpha value is -4.05. The molecule has 2 amide bonds. The minimum Gasteiger partial charge on any atom is -0.497 e. The number of ether oxygens (including phenoxy) is 1. The Bertz CT molecular complexity index is 1690. The summed E-state index contributed by atoms with van der Waals surface area (Å²) < 4.78 is 34.4. The third kappa shape index (κ3) is 8.31. The number of benzene rings is 4. The number of nitrogens with zero attached hydrogens (tertiary/aromatic N) is 2. The molecule has 11 heteroatoms. The van der Waals surface area contributed by atoms with Crippen molar-refractivity contribution in [1.29, 1.82) is 0 Å². The third-order valence-electron chi connectivity index (χ3n) is 6.89. The summed E-state index contributed by atoms with van der Waals surface area (Å²) in [5.41, 5.74) is 1.74. The zero-order valence-corrected chi connectivity index (χ0v) is 26.6. The van der Waals surface area contributed by atoms with E-state index in [-0.39, 0.29) is 29.5 Å². The van der Waals surface area contributed by atoms with Gasteiger partial charge >= 0.3 is 0 Å². The van der Waals surface area contributed by atoms with E-state index in [0.29, 0.717) is 27.9 Å². The van der Waals surface area contributed by atoms with E-state index in [0.717, 1.165) is 9.87 Å². The molecule has 0 spiro atoms. The second kappa shape index (κ2) is 15.1. The van der Waals surface area contributed by atoms with E-state index in [1.54, 1.807) is 50.4 Å². The van der Waals surface area contributed by atoms with Gasteiger partial charge in [-0.2, -0.15) is 0 Å². The molecule has 44 heavy (non-hydrogen) atoms. The van der Waals surface area contributed by atoms with Crippen LogP contribution in [0, 0.1) is 0 Å². The Labute approximate surface area is 268 Å². The topological polar surface area (TPSA) is 96.0 Å². The van der Waals surface area contributed by atoms with E-state index in [1.807, 2.05) is 36.4 Å². The largest absolute Gasteiger partial charge is 0.497 e. The summed E-state index contributed by atoms with van der Waals surface area (Å²) in [7, 11) is -2.73. The number of methoxy groups -OCH3 is 1. The zero-order chi connectivity index (χ0) is 31.7. The van der Waals surface area contributed by atoms with Crippen LogP contribution in [-0.2, 0) is 32.6 Å². The maximum Gasteiger partial charge on any atom is 0.264 e. The molecular formula is C33H33Cl2N3O5S. The first-order chi connectivity index (χ1) is 21.1. The molecular weight excluding hydrogens is 621 g/mol. The van der Waals surface area contributed by atoms with E-state index in [2.05, 4.69) is 5.32 Å². The molecule has 0 aromatic heterocycles. The summed E-state index contributed by atoms with van der Waals surface area (Å²) in [5, 5.41) is 3.50. The average molecular weight is 655 g/mol. The van der Waals surface area contributed by atoms with Gasteiger partial charge in [-0.25, -0.2) is 8.42 Å². The molecule has 0 aliphatic rings. The van der Waals surface area contributed by atoms with Crippen molar-refractivity contribution in [3.8, 4) is 5.75 Å². The lowest BCUT2D eigenvalue weighted by Crippen LogP contribution is -2.53.